The van der Waals surface area contributed by atoms with Gasteiger partial charge in [0.1, 0.15) is 11.5 Å². The molecule has 1 N–H and O–H groups in total. The standard InChI is InChI=1S/C30H38N2O7/c1-4-6-16-39-24-11-10-21(20-25(24)36-3)27-26(28(33)22-8-7-9-23(19-22)38-5-2)29(34)30(35)32(27)13-12-31-14-17-37-18-15-31/h7-11,19-20,27,33H,4-6,12-18H2,1-3H3/b28-26+. The minimum absolute atomic E-state index is 0.0392. The molecule has 2 aromatic rings. The third-order valence-corrected chi connectivity index (χ3v) is 6.98. The van der Waals surface area contributed by atoms with Crippen molar-refractivity contribution in [2.24, 2.45) is 0 Å². The molecule has 9 heteroatoms. The molecule has 2 fully saturated rings. The van der Waals surface area contributed by atoms with E-state index in [0.29, 0.717) is 67.9 Å². The molecule has 39 heavy (non-hydrogen) atoms. The SMILES string of the molecule is CCCCOc1ccc(C2/C(=C(\O)c3cccc(OCC)c3)C(=O)C(=O)N2CCN2CCOCC2)cc1OC. The maximum atomic E-state index is 13.4. The first-order chi connectivity index (χ1) is 19.0. The number of aliphatic hydroxyl groups excluding tert-OH is 1. The molecule has 1 atom stereocenters. The zero-order valence-corrected chi connectivity index (χ0v) is 23.0. The predicted molar refractivity (Wildman–Crippen MR) is 147 cm³/mol. The number of ether oxygens (including phenoxy) is 4. The Hall–Kier alpha value is -3.56. The topological polar surface area (TPSA) is 97.8 Å². The van der Waals surface area contributed by atoms with E-state index in [2.05, 4.69) is 11.8 Å². The molecule has 0 saturated carbocycles. The van der Waals surface area contributed by atoms with Crippen LogP contribution in [0.15, 0.2) is 48.0 Å². The van der Waals surface area contributed by atoms with Crippen LogP contribution in [0.5, 0.6) is 17.2 Å². The zero-order chi connectivity index (χ0) is 27.8. The van der Waals surface area contributed by atoms with E-state index >= 15 is 0 Å². The van der Waals surface area contributed by atoms with E-state index in [0.717, 1.165) is 25.9 Å². The molecule has 2 aliphatic heterocycles. The quantitative estimate of drug-likeness (QED) is 0.187. The summed E-state index contributed by atoms with van der Waals surface area (Å²) in [6.45, 7) is 8.67. The summed E-state index contributed by atoms with van der Waals surface area (Å²) in [5.74, 6) is 0.0533. The van der Waals surface area contributed by atoms with Crippen molar-refractivity contribution in [1.82, 2.24) is 9.80 Å². The van der Waals surface area contributed by atoms with Gasteiger partial charge in [-0.25, -0.2) is 0 Å². The van der Waals surface area contributed by atoms with Crippen molar-refractivity contribution in [2.75, 3.05) is 59.7 Å². The number of aliphatic hydroxyl groups is 1. The van der Waals surface area contributed by atoms with Gasteiger partial charge in [0.05, 0.1) is 45.2 Å². The molecule has 2 heterocycles. The molecular formula is C30H38N2O7. The van der Waals surface area contributed by atoms with Gasteiger partial charge in [-0.1, -0.05) is 31.5 Å². The van der Waals surface area contributed by atoms with Gasteiger partial charge in [0.2, 0.25) is 0 Å². The molecule has 2 aromatic carbocycles. The molecule has 210 valence electrons. The Morgan fingerprint density at radius 3 is 2.54 bits per heavy atom. The average Bonchev–Trinajstić information content (AvgIpc) is 3.21. The monoisotopic (exact) mass is 538 g/mol. The Balaban J connectivity index is 1.75. The number of benzene rings is 2. The largest absolute Gasteiger partial charge is 0.507 e. The van der Waals surface area contributed by atoms with Crippen LogP contribution in [-0.2, 0) is 14.3 Å². The first-order valence-electron chi connectivity index (χ1n) is 13.6. The zero-order valence-electron chi connectivity index (χ0n) is 23.0. The summed E-state index contributed by atoms with van der Waals surface area (Å²) >= 11 is 0. The van der Waals surface area contributed by atoms with Crippen molar-refractivity contribution in [3.63, 3.8) is 0 Å². The summed E-state index contributed by atoms with van der Waals surface area (Å²) in [5, 5.41) is 11.4. The van der Waals surface area contributed by atoms with Gasteiger partial charge in [-0.2, -0.15) is 0 Å². The molecule has 2 saturated heterocycles. The third kappa shape index (κ3) is 6.54. The maximum absolute atomic E-state index is 13.4. The van der Waals surface area contributed by atoms with Gasteiger partial charge in [-0.05, 0) is 43.2 Å². The summed E-state index contributed by atoms with van der Waals surface area (Å²) in [5.41, 5.74) is 1.10. The van der Waals surface area contributed by atoms with Crippen molar-refractivity contribution < 1.29 is 33.6 Å². The van der Waals surface area contributed by atoms with Crippen molar-refractivity contribution in [1.29, 1.82) is 0 Å². The Bertz CT molecular complexity index is 1190. The van der Waals surface area contributed by atoms with E-state index < -0.39 is 17.7 Å². The fourth-order valence-corrected chi connectivity index (χ4v) is 4.89. The summed E-state index contributed by atoms with van der Waals surface area (Å²) in [4.78, 5) is 30.6. The number of nitrogens with zero attached hydrogens (tertiary/aromatic N) is 2. The van der Waals surface area contributed by atoms with Gasteiger partial charge >= 0.3 is 0 Å². The molecule has 0 aliphatic carbocycles. The second-order valence-corrected chi connectivity index (χ2v) is 9.52. The van der Waals surface area contributed by atoms with Crippen molar-refractivity contribution >= 4 is 17.4 Å². The number of Topliss-reactive ketones (excluding diaryl/α,β-unsaturated/α-hetero) is 1. The van der Waals surface area contributed by atoms with Crippen LogP contribution in [0, 0.1) is 0 Å². The van der Waals surface area contributed by atoms with Gasteiger partial charge in [0.25, 0.3) is 11.7 Å². The van der Waals surface area contributed by atoms with Crippen LogP contribution < -0.4 is 14.2 Å². The van der Waals surface area contributed by atoms with Crippen LogP contribution in [0.1, 0.15) is 43.9 Å². The lowest BCUT2D eigenvalue weighted by Crippen LogP contribution is -2.42. The minimum atomic E-state index is -0.791. The van der Waals surface area contributed by atoms with Crippen LogP contribution >= 0.6 is 0 Å². The third-order valence-electron chi connectivity index (χ3n) is 6.98. The lowest BCUT2D eigenvalue weighted by molar-refractivity contribution is -0.140. The number of likely N-dealkylation sites (tertiary alicyclic amines) is 1. The number of ketones is 1. The van der Waals surface area contributed by atoms with Crippen molar-refractivity contribution in [3.8, 4) is 17.2 Å². The van der Waals surface area contributed by atoms with E-state index in [1.54, 1.807) is 48.4 Å². The van der Waals surface area contributed by atoms with Gasteiger partial charge in [-0.15, -0.1) is 0 Å². The van der Waals surface area contributed by atoms with Crippen molar-refractivity contribution in [3.05, 3.63) is 59.2 Å². The van der Waals surface area contributed by atoms with Gasteiger partial charge in [0, 0.05) is 31.7 Å². The first-order valence-corrected chi connectivity index (χ1v) is 13.6. The molecule has 1 amide bonds. The summed E-state index contributed by atoms with van der Waals surface area (Å²) in [6.07, 6.45) is 1.91. The predicted octanol–water partition coefficient (Wildman–Crippen LogP) is 4.03. The molecule has 9 nitrogen and oxygen atoms in total. The highest BCUT2D eigenvalue weighted by Crippen LogP contribution is 2.42. The fourth-order valence-electron chi connectivity index (χ4n) is 4.89. The highest BCUT2D eigenvalue weighted by Gasteiger charge is 2.46. The van der Waals surface area contributed by atoms with Gasteiger partial charge in [0.15, 0.2) is 11.5 Å². The van der Waals surface area contributed by atoms with E-state index in [1.807, 2.05) is 13.0 Å². The first kappa shape index (κ1) is 28.4. The molecule has 0 radical (unpaired) electrons. The van der Waals surface area contributed by atoms with E-state index in [-0.39, 0.29) is 11.3 Å². The average molecular weight is 539 g/mol. The van der Waals surface area contributed by atoms with Crippen LogP contribution in [0.2, 0.25) is 0 Å². The number of carbonyl (C=O) groups is 2. The maximum Gasteiger partial charge on any atom is 0.295 e. The Kier molecular flexibility index (Phi) is 9.84. The van der Waals surface area contributed by atoms with Crippen LogP contribution in [0.25, 0.3) is 5.76 Å². The molecule has 1 unspecified atom stereocenters. The lowest BCUT2D eigenvalue weighted by Gasteiger charge is -2.31. The van der Waals surface area contributed by atoms with Crippen LogP contribution in [-0.4, -0.2) is 86.3 Å². The summed E-state index contributed by atoms with van der Waals surface area (Å²) in [7, 11) is 1.56. The Labute approximate surface area is 229 Å². The number of rotatable bonds is 12. The Morgan fingerprint density at radius 1 is 1.03 bits per heavy atom. The highest BCUT2D eigenvalue weighted by atomic mass is 16.5. The second-order valence-electron chi connectivity index (χ2n) is 9.52. The van der Waals surface area contributed by atoms with E-state index in [9.17, 15) is 14.7 Å². The molecule has 4 rings (SSSR count). The van der Waals surface area contributed by atoms with E-state index in [1.165, 1.54) is 0 Å². The molecule has 0 aromatic heterocycles. The number of amides is 1. The van der Waals surface area contributed by atoms with Crippen LogP contribution in [0.4, 0.5) is 0 Å². The van der Waals surface area contributed by atoms with Crippen LogP contribution in [0.3, 0.4) is 0 Å². The number of hydrogen-bond acceptors (Lipinski definition) is 8. The molecular weight excluding hydrogens is 500 g/mol. The fraction of sp³-hybridized carbons (Fsp3) is 0.467. The number of hydrogen-bond donors (Lipinski definition) is 1. The van der Waals surface area contributed by atoms with Gasteiger partial charge < -0.3 is 29.0 Å². The highest BCUT2D eigenvalue weighted by molar-refractivity contribution is 6.46. The number of carbonyl (C=O) groups excluding carboxylic acids is 2. The molecule has 2 aliphatic rings. The summed E-state index contributed by atoms with van der Waals surface area (Å²) in [6, 6.07) is 11.5. The van der Waals surface area contributed by atoms with Crippen molar-refractivity contribution in [2.45, 2.75) is 32.7 Å². The smallest absolute Gasteiger partial charge is 0.295 e. The van der Waals surface area contributed by atoms with Gasteiger partial charge in [-0.3, -0.25) is 14.5 Å². The molecule has 0 spiro atoms. The lowest BCUT2D eigenvalue weighted by atomic mass is 9.95. The Morgan fingerprint density at radius 2 is 1.82 bits per heavy atom. The summed E-state index contributed by atoms with van der Waals surface area (Å²) < 4.78 is 22.5. The normalized spacial score (nSPS) is 19.4. The second kappa shape index (κ2) is 13.5. The minimum Gasteiger partial charge on any atom is -0.507 e. The molecule has 0 bridgehead atoms. The number of methoxy groups -OCH3 is 1. The number of morpholine rings is 1. The number of unbranched alkanes of at least 4 members (excludes halogenated alkanes) is 1. The van der Waals surface area contributed by atoms with E-state index in [4.69, 9.17) is 18.9 Å².